The molecule has 1 aliphatic heterocycles. The molecule has 2 aromatic heterocycles. The van der Waals surface area contributed by atoms with E-state index in [2.05, 4.69) is 25.5 Å². The molecule has 36 heavy (non-hydrogen) atoms. The van der Waals surface area contributed by atoms with Gasteiger partial charge in [0.2, 0.25) is 0 Å². The highest BCUT2D eigenvalue weighted by atomic mass is 16.5. The number of amides is 2. The van der Waals surface area contributed by atoms with Crippen LogP contribution in [0.4, 0.5) is 22.0 Å². The summed E-state index contributed by atoms with van der Waals surface area (Å²) in [5.74, 6) is 1.08. The Kier molecular flexibility index (Phi) is 7.65. The van der Waals surface area contributed by atoms with E-state index in [1.165, 1.54) is 20.0 Å². The molecule has 0 saturated carbocycles. The van der Waals surface area contributed by atoms with E-state index < -0.39 is 6.03 Å². The minimum atomic E-state index is -0.427. The largest absolute Gasteiger partial charge is 0.378 e. The molecule has 0 radical (unpaired) electrons. The maximum atomic E-state index is 12.4. The molecule has 4 rings (SSSR count). The molecule has 3 aromatic rings. The van der Waals surface area contributed by atoms with Crippen molar-refractivity contribution in [3.63, 3.8) is 0 Å². The van der Waals surface area contributed by atoms with Crippen molar-refractivity contribution in [1.29, 1.82) is 0 Å². The van der Waals surface area contributed by atoms with Crippen molar-refractivity contribution in [3.8, 4) is 11.4 Å². The number of urea groups is 1. The lowest BCUT2D eigenvalue weighted by Gasteiger charge is -2.29. The number of morpholine rings is 1. The van der Waals surface area contributed by atoms with E-state index in [9.17, 15) is 14.4 Å². The first-order valence-corrected chi connectivity index (χ1v) is 11.6. The second kappa shape index (κ2) is 11.0. The van der Waals surface area contributed by atoms with Gasteiger partial charge in [-0.3, -0.25) is 14.6 Å². The van der Waals surface area contributed by atoms with Crippen LogP contribution in [0.25, 0.3) is 11.4 Å². The van der Waals surface area contributed by atoms with E-state index in [-0.39, 0.29) is 18.0 Å². The van der Waals surface area contributed by atoms with Crippen LogP contribution in [0.15, 0.2) is 42.6 Å². The van der Waals surface area contributed by atoms with E-state index in [0.717, 1.165) is 16.9 Å². The molecule has 2 amide bonds. The van der Waals surface area contributed by atoms with E-state index in [0.29, 0.717) is 54.9 Å². The van der Waals surface area contributed by atoms with Gasteiger partial charge in [0.15, 0.2) is 11.6 Å². The van der Waals surface area contributed by atoms with E-state index in [1.807, 2.05) is 6.92 Å². The number of anilines is 3. The van der Waals surface area contributed by atoms with Crippen molar-refractivity contribution < 1.29 is 19.1 Å². The fourth-order valence-electron chi connectivity index (χ4n) is 3.91. The molecule has 10 nitrogen and oxygen atoms in total. The molecule has 10 heteroatoms. The Hall–Kier alpha value is -4.18. The zero-order chi connectivity index (χ0) is 25.7. The van der Waals surface area contributed by atoms with Crippen molar-refractivity contribution in [2.24, 2.45) is 0 Å². The van der Waals surface area contributed by atoms with Crippen molar-refractivity contribution in [2.45, 2.75) is 27.2 Å². The molecule has 1 fully saturated rings. The Labute approximate surface area is 209 Å². The second-order valence-electron chi connectivity index (χ2n) is 8.57. The van der Waals surface area contributed by atoms with Crippen LogP contribution in [-0.2, 0) is 16.0 Å². The molecule has 0 unspecified atom stereocenters. The SMILES string of the molecule is CC(=O)Cc1ccc(NC(=O)Nc2ccc(-c3nc(C(C)=O)c(C)c(N4CCOCC4)n3)cc2)cn1. The smallest absolute Gasteiger partial charge is 0.323 e. The van der Waals surface area contributed by atoms with Crippen LogP contribution in [0.5, 0.6) is 0 Å². The highest BCUT2D eigenvalue weighted by molar-refractivity contribution is 5.99. The van der Waals surface area contributed by atoms with Gasteiger partial charge in [-0.25, -0.2) is 14.8 Å². The fourth-order valence-corrected chi connectivity index (χ4v) is 3.91. The average Bonchev–Trinajstić information content (AvgIpc) is 2.86. The summed E-state index contributed by atoms with van der Waals surface area (Å²) in [7, 11) is 0. The summed E-state index contributed by atoms with van der Waals surface area (Å²) < 4.78 is 5.45. The molecular weight excluding hydrogens is 460 g/mol. The number of aromatic nitrogens is 3. The number of hydrogen-bond donors (Lipinski definition) is 2. The molecule has 1 aliphatic rings. The van der Waals surface area contributed by atoms with Gasteiger partial charge in [0.05, 0.1) is 25.1 Å². The Morgan fingerprint density at radius 2 is 1.61 bits per heavy atom. The van der Waals surface area contributed by atoms with Crippen LogP contribution in [-0.4, -0.2) is 58.9 Å². The number of ether oxygens (including phenoxy) is 1. The molecule has 186 valence electrons. The molecule has 3 heterocycles. The lowest BCUT2D eigenvalue weighted by Crippen LogP contribution is -2.37. The number of ketones is 2. The van der Waals surface area contributed by atoms with Crippen LogP contribution in [0.3, 0.4) is 0 Å². The zero-order valence-corrected chi connectivity index (χ0v) is 20.5. The van der Waals surface area contributed by atoms with Gasteiger partial charge in [-0.15, -0.1) is 0 Å². The summed E-state index contributed by atoms with van der Waals surface area (Å²) in [6, 6.07) is 10.1. The highest BCUT2D eigenvalue weighted by Gasteiger charge is 2.21. The lowest BCUT2D eigenvalue weighted by molar-refractivity contribution is -0.116. The molecule has 0 spiro atoms. The van der Waals surface area contributed by atoms with Gasteiger partial charge < -0.3 is 20.3 Å². The second-order valence-corrected chi connectivity index (χ2v) is 8.57. The Morgan fingerprint density at radius 3 is 2.22 bits per heavy atom. The predicted octanol–water partition coefficient (Wildman–Crippen LogP) is 3.66. The summed E-state index contributed by atoms with van der Waals surface area (Å²) in [6.07, 6.45) is 1.76. The number of Topliss-reactive ketones (excluding diaryl/α,β-unsaturated/α-hetero) is 2. The molecular formula is C26H28N6O4. The number of hydrogen-bond acceptors (Lipinski definition) is 8. The third kappa shape index (κ3) is 6.08. The van der Waals surface area contributed by atoms with Gasteiger partial charge >= 0.3 is 6.03 Å². The molecule has 0 bridgehead atoms. The first kappa shape index (κ1) is 24.9. The number of carbonyl (C=O) groups excluding carboxylic acids is 3. The number of rotatable bonds is 7. The van der Waals surface area contributed by atoms with Crippen molar-refractivity contribution in [3.05, 3.63) is 59.5 Å². The quantitative estimate of drug-likeness (QED) is 0.483. The zero-order valence-electron chi connectivity index (χ0n) is 20.5. The van der Waals surface area contributed by atoms with Crippen LogP contribution in [0, 0.1) is 6.92 Å². The van der Waals surface area contributed by atoms with Gasteiger partial charge in [-0.05, 0) is 50.2 Å². The summed E-state index contributed by atoms with van der Waals surface area (Å²) >= 11 is 0. The van der Waals surface area contributed by atoms with Crippen molar-refractivity contribution in [2.75, 3.05) is 41.8 Å². The number of pyridine rings is 1. The molecule has 1 aromatic carbocycles. The first-order valence-electron chi connectivity index (χ1n) is 11.6. The summed E-state index contributed by atoms with van der Waals surface area (Å²) in [5, 5.41) is 5.48. The average molecular weight is 489 g/mol. The topological polar surface area (TPSA) is 126 Å². The minimum absolute atomic E-state index is 0.0234. The van der Waals surface area contributed by atoms with E-state index in [1.54, 1.807) is 36.4 Å². The number of nitrogens with one attached hydrogen (secondary N) is 2. The Bertz CT molecular complexity index is 1270. The summed E-state index contributed by atoms with van der Waals surface area (Å²) in [5.41, 5.74) is 3.61. The number of carbonyl (C=O) groups is 3. The predicted molar refractivity (Wildman–Crippen MR) is 137 cm³/mol. The van der Waals surface area contributed by atoms with Gasteiger partial charge in [0.1, 0.15) is 17.3 Å². The lowest BCUT2D eigenvalue weighted by atomic mass is 10.1. The van der Waals surface area contributed by atoms with Gasteiger partial charge in [0.25, 0.3) is 0 Å². The number of benzene rings is 1. The standard InChI is InChI=1S/C26H28N6O4/c1-16(33)14-21-8-9-22(15-27-21)29-26(35)28-20-6-4-19(5-7-20)24-30-23(18(3)34)17(2)25(31-24)32-10-12-36-13-11-32/h4-9,15H,10-14H2,1-3H3,(H2,28,29,35). The Morgan fingerprint density at radius 1 is 0.944 bits per heavy atom. The van der Waals surface area contributed by atoms with E-state index in [4.69, 9.17) is 9.72 Å². The van der Waals surface area contributed by atoms with Gasteiger partial charge in [0, 0.05) is 48.9 Å². The van der Waals surface area contributed by atoms with Gasteiger partial charge in [-0.2, -0.15) is 0 Å². The van der Waals surface area contributed by atoms with Crippen LogP contribution in [0.1, 0.15) is 35.6 Å². The number of nitrogens with zero attached hydrogens (tertiary/aromatic N) is 4. The molecule has 2 N–H and O–H groups in total. The third-order valence-electron chi connectivity index (χ3n) is 5.68. The Balaban J connectivity index is 1.47. The summed E-state index contributed by atoms with van der Waals surface area (Å²) in [4.78, 5) is 51.4. The van der Waals surface area contributed by atoms with Gasteiger partial charge in [-0.1, -0.05) is 0 Å². The van der Waals surface area contributed by atoms with E-state index >= 15 is 0 Å². The fraction of sp³-hybridized carbons (Fsp3) is 0.308. The van der Waals surface area contributed by atoms with Crippen molar-refractivity contribution >= 4 is 34.8 Å². The van der Waals surface area contributed by atoms with Crippen molar-refractivity contribution in [1.82, 2.24) is 15.0 Å². The monoisotopic (exact) mass is 488 g/mol. The molecule has 0 atom stereocenters. The van der Waals surface area contributed by atoms with Crippen LogP contribution >= 0.6 is 0 Å². The molecule has 0 aliphatic carbocycles. The van der Waals surface area contributed by atoms with Crippen LogP contribution < -0.4 is 15.5 Å². The third-order valence-corrected chi connectivity index (χ3v) is 5.68. The molecule has 1 saturated heterocycles. The maximum Gasteiger partial charge on any atom is 0.323 e. The first-order chi connectivity index (χ1) is 17.3. The van der Waals surface area contributed by atoms with Crippen LogP contribution in [0.2, 0.25) is 0 Å². The normalized spacial score (nSPS) is 13.2. The highest BCUT2D eigenvalue weighted by Crippen LogP contribution is 2.26. The maximum absolute atomic E-state index is 12.4. The summed E-state index contributed by atoms with van der Waals surface area (Å²) in [6.45, 7) is 7.47. The minimum Gasteiger partial charge on any atom is -0.378 e.